The summed E-state index contributed by atoms with van der Waals surface area (Å²) in [5, 5.41) is 3.66. The maximum absolute atomic E-state index is 3.66. The first-order chi connectivity index (χ1) is 8.31. The number of hydrogen-bond donors (Lipinski definition) is 1. The number of nitrogens with zero attached hydrogens (tertiary/aromatic N) is 3. The minimum absolute atomic E-state index is 0.682. The highest BCUT2D eigenvalue weighted by atomic mass is 15.3. The molecule has 0 aromatic heterocycles. The Morgan fingerprint density at radius 1 is 1.12 bits per heavy atom. The molecular weight excluding hydrogens is 212 g/mol. The summed E-state index contributed by atoms with van der Waals surface area (Å²) < 4.78 is 0. The minimum Gasteiger partial charge on any atom is -0.310 e. The molecule has 17 heavy (non-hydrogen) atoms. The van der Waals surface area contributed by atoms with Crippen LogP contribution in [0.5, 0.6) is 0 Å². The Balaban J connectivity index is 1.48. The van der Waals surface area contributed by atoms with Gasteiger partial charge in [0.2, 0.25) is 0 Å². The van der Waals surface area contributed by atoms with Crippen molar-refractivity contribution in [3.63, 3.8) is 0 Å². The minimum atomic E-state index is 0.682. The first-order valence-electron chi connectivity index (χ1n) is 7.19. The van der Waals surface area contributed by atoms with E-state index in [1.54, 1.807) is 0 Å². The molecule has 3 aliphatic heterocycles. The van der Waals surface area contributed by atoms with Gasteiger partial charge in [-0.05, 0) is 26.4 Å². The van der Waals surface area contributed by atoms with Crippen molar-refractivity contribution < 1.29 is 0 Å². The van der Waals surface area contributed by atoms with Gasteiger partial charge in [-0.25, -0.2) is 0 Å². The highest BCUT2D eigenvalue weighted by Gasteiger charge is 2.31. The monoisotopic (exact) mass is 238 g/mol. The third-order valence-corrected chi connectivity index (χ3v) is 4.61. The van der Waals surface area contributed by atoms with Crippen LogP contribution in [0, 0.1) is 0 Å². The largest absolute Gasteiger partial charge is 0.310 e. The van der Waals surface area contributed by atoms with E-state index in [-0.39, 0.29) is 0 Å². The van der Waals surface area contributed by atoms with Crippen LogP contribution in [0.3, 0.4) is 0 Å². The molecule has 3 aliphatic rings. The number of fused-ring (bicyclic) bond motifs is 1. The summed E-state index contributed by atoms with van der Waals surface area (Å²) >= 11 is 0. The molecule has 3 heterocycles. The quantitative estimate of drug-likeness (QED) is 0.711. The molecule has 4 heteroatoms. The van der Waals surface area contributed by atoms with Crippen molar-refractivity contribution in [1.82, 2.24) is 20.0 Å². The standard InChI is InChI=1S/C13H26N4/c1-15-6-4-14-12(9-15)10-16-7-8-17-5-2-3-13(17)11-16/h12-14H,2-11H2,1H3. The average Bonchev–Trinajstić information content (AvgIpc) is 2.76. The van der Waals surface area contributed by atoms with Gasteiger partial charge >= 0.3 is 0 Å². The van der Waals surface area contributed by atoms with E-state index in [0.717, 1.165) is 12.6 Å². The van der Waals surface area contributed by atoms with Crippen LogP contribution in [0.1, 0.15) is 12.8 Å². The van der Waals surface area contributed by atoms with Crippen molar-refractivity contribution >= 4 is 0 Å². The van der Waals surface area contributed by atoms with Crippen LogP contribution in [-0.2, 0) is 0 Å². The van der Waals surface area contributed by atoms with E-state index in [4.69, 9.17) is 0 Å². The molecule has 2 unspecified atom stereocenters. The zero-order valence-corrected chi connectivity index (χ0v) is 11.1. The Hall–Kier alpha value is -0.160. The Morgan fingerprint density at radius 2 is 2.06 bits per heavy atom. The molecule has 0 aromatic rings. The fraction of sp³-hybridized carbons (Fsp3) is 1.00. The molecule has 0 radical (unpaired) electrons. The molecule has 4 nitrogen and oxygen atoms in total. The van der Waals surface area contributed by atoms with Crippen LogP contribution in [0.4, 0.5) is 0 Å². The first kappa shape index (κ1) is 11.9. The van der Waals surface area contributed by atoms with Crippen LogP contribution in [0.2, 0.25) is 0 Å². The highest BCUT2D eigenvalue weighted by Crippen LogP contribution is 2.21. The smallest absolute Gasteiger partial charge is 0.0323 e. The maximum atomic E-state index is 3.66. The summed E-state index contributed by atoms with van der Waals surface area (Å²) in [6.07, 6.45) is 2.84. The number of hydrogen-bond acceptors (Lipinski definition) is 4. The Bertz CT molecular complexity index is 258. The Labute approximate surface area is 105 Å². The normalized spacial score (nSPS) is 37.2. The number of piperazine rings is 2. The Kier molecular flexibility index (Phi) is 3.66. The average molecular weight is 238 g/mol. The van der Waals surface area contributed by atoms with E-state index < -0.39 is 0 Å². The topological polar surface area (TPSA) is 21.8 Å². The molecular formula is C13H26N4. The fourth-order valence-corrected chi connectivity index (χ4v) is 3.65. The van der Waals surface area contributed by atoms with Crippen molar-refractivity contribution in [2.45, 2.75) is 24.9 Å². The van der Waals surface area contributed by atoms with Gasteiger partial charge in [-0.15, -0.1) is 0 Å². The third kappa shape index (κ3) is 2.81. The van der Waals surface area contributed by atoms with Crippen LogP contribution < -0.4 is 5.32 Å². The van der Waals surface area contributed by atoms with Crippen molar-refractivity contribution in [3.8, 4) is 0 Å². The Morgan fingerprint density at radius 3 is 2.94 bits per heavy atom. The molecule has 0 bridgehead atoms. The number of nitrogens with one attached hydrogen (secondary N) is 1. The molecule has 0 aromatic carbocycles. The molecule has 0 spiro atoms. The van der Waals surface area contributed by atoms with Gasteiger partial charge in [-0.3, -0.25) is 9.80 Å². The van der Waals surface area contributed by atoms with Gasteiger partial charge in [0.05, 0.1) is 0 Å². The lowest BCUT2D eigenvalue weighted by Crippen LogP contribution is -2.57. The molecule has 2 atom stereocenters. The zero-order valence-electron chi connectivity index (χ0n) is 11.1. The van der Waals surface area contributed by atoms with Gasteiger partial charge in [0.25, 0.3) is 0 Å². The van der Waals surface area contributed by atoms with Crippen molar-refractivity contribution in [3.05, 3.63) is 0 Å². The molecule has 3 fully saturated rings. The van der Waals surface area contributed by atoms with Gasteiger partial charge in [-0.1, -0.05) is 0 Å². The molecule has 0 aliphatic carbocycles. The summed E-state index contributed by atoms with van der Waals surface area (Å²) in [6, 6.07) is 1.55. The van der Waals surface area contributed by atoms with Crippen LogP contribution in [-0.4, -0.2) is 86.2 Å². The molecule has 3 rings (SSSR count). The van der Waals surface area contributed by atoms with E-state index in [1.165, 1.54) is 58.7 Å². The predicted molar refractivity (Wildman–Crippen MR) is 70.3 cm³/mol. The number of likely N-dealkylation sites (N-methyl/N-ethyl adjacent to an activating group) is 1. The second-order valence-electron chi connectivity index (χ2n) is 6.00. The van der Waals surface area contributed by atoms with E-state index in [1.807, 2.05) is 0 Å². The summed E-state index contributed by atoms with van der Waals surface area (Å²) in [4.78, 5) is 7.83. The van der Waals surface area contributed by atoms with E-state index in [9.17, 15) is 0 Å². The number of rotatable bonds is 2. The van der Waals surface area contributed by atoms with Crippen LogP contribution in [0.25, 0.3) is 0 Å². The lowest BCUT2D eigenvalue weighted by Gasteiger charge is -2.40. The maximum Gasteiger partial charge on any atom is 0.0323 e. The molecule has 1 N–H and O–H groups in total. The van der Waals surface area contributed by atoms with E-state index in [0.29, 0.717) is 6.04 Å². The summed E-state index contributed by atoms with van der Waals surface area (Å²) in [5.74, 6) is 0. The predicted octanol–water partition coefficient (Wildman–Crippen LogP) is -0.330. The second kappa shape index (κ2) is 5.22. The van der Waals surface area contributed by atoms with Crippen LogP contribution in [0.15, 0.2) is 0 Å². The summed E-state index contributed by atoms with van der Waals surface area (Å²) in [7, 11) is 2.24. The second-order valence-corrected chi connectivity index (χ2v) is 6.00. The van der Waals surface area contributed by atoms with Crippen molar-refractivity contribution in [1.29, 1.82) is 0 Å². The van der Waals surface area contributed by atoms with Crippen molar-refractivity contribution in [2.75, 3.05) is 59.4 Å². The molecule has 98 valence electrons. The van der Waals surface area contributed by atoms with Gasteiger partial charge in [-0.2, -0.15) is 0 Å². The third-order valence-electron chi connectivity index (χ3n) is 4.61. The van der Waals surface area contributed by atoms with Gasteiger partial charge < -0.3 is 10.2 Å². The lowest BCUT2D eigenvalue weighted by atomic mass is 10.1. The summed E-state index contributed by atoms with van der Waals surface area (Å²) in [6.45, 7) is 10.0. The van der Waals surface area contributed by atoms with Gasteiger partial charge in [0, 0.05) is 57.9 Å². The summed E-state index contributed by atoms with van der Waals surface area (Å²) in [5.41, 5.74) is 0. The zero-order chi connectivity index (χ0) is 11.7. The van der Waals surface area contributed by atoms with Gasteiger partial charge in [0.15, 0.2) is 0 Å². The molecule has 0 saturated carbocycles. The SMILES string of the molecule is CN1CCNC(CN2CCN3CCCC3C2)C1. The van der Waals surface area contributed by atoms with Crippen LogP contribution >= 0.6 is 0 Å². The van der Waals surface area contributed by atoms with E-state index >= 15 is 0 Å². The molecule has 3 saturated heterocycles. The lowest BCUT2D eigenvalue weighted by molar-refractivity contribution is 0.0868. The van der Waals surface area contributed by atoms with Gasteiger partial charge in [0.1, 0.15) is 0 Å². The highest BCUT2D eigenvalue weighted by molar-refractivity contribution is 4.89. The van der Waals surface area contributed by atoms with Crippen molar-refractivity contribution in [2.24, 2.45) is 0 Å². The first-order valence-corrected chi connectivity index (χ1v) is 7.19. The fourth-order valence-electron chi connectivity index (χ4n) is 3.65. The molecule has 0 amide bonds. The van der Waals surface area contributed by atoms with E-state index in [2.05, 4.69) is 27.1 Å².